The van der Waals surface area contributed by atoms with E-state index in [1.807, 2.05) is 41.3 Å². The first-order valence-electron chi connectivity index (χ1n) is 9.60. The van der Waals surface area contributed by atoms with Gasteiger partial charge in [0.05, 0.1) is 30.4 Å². The van der Waals surface area contributed by atoms with Crippen molar-refractivity contribution in [2.45, 2.75) is 26.4 Å². The zero-order chi connectivity index (χ0) is 19.7. The van der Waals surface area contributed by atoms with E-state index < -0.39 is 0 Å². The number of benzene rings is 1. The Labute approximate surface area is 164 Å². The molecule has 4 rings (SSSR count). The number of carbonyl (C=O) groups excluding carboxylic acids is 2. The number of nitrogens with zero attached hydrogens (tertiary/aromatic N) is 3. The van der Waals surface area contributed by atoms with Gasteiger partial charge in [0.1, 0.15) is 0 Å². The summed E-state index contributed by atoms with van der Waals surface area (Å²) >= 11 is 0. The molecule has 3 heterocycles. The summed E-state index contributed by atoms with van der Waals surface area (Å²) in [6.07, 6.45) is 5.71. The van der Waals surface area contributed by atoms with Gasteiger partial charge in [0.15, 0.2) is 5.82 Å². The van der Waals surface area contributed by atoms with E-state index in [-0.39, 0.29) is 24.4 Å². The first kappa shape index (κ1) is 18.2. The van der Waals surface area contributed by atoms with Crippen LogP contribution in [0.2, 0.25) is 0 Å². The Morgan fingerprint density at radius 2 is 2.07 bits per heavy atom. The summed E-state index contributed by atoms with van der Waals surface area (Å²) in [5.74, 6) is 0.875. The highest BCUT2D eigenvalue weighted by molar-refractivity contribution is 6.04. The lowest BCUT2D eigenvalue weighted by Gasteiger charge is -2.31. The predicted molar refractivity (Wildman–Crippen MR) is 109 cm³/mol. The maximum Gasteiger partial charge on any atom is 0.256 e. The summed E-state index contributed by atoms with van der Waals surface area (Å²) in [5, 5.41) is 3.05. The van der Waals surface area contributed by atoms with E-state index in [1.54, 1.807) is 17.2 Å². The minimum absolute atomic E-state index is 0.0364. The average Bonchev–Trinajstić information content (AvgIpc) is 3.20. The van der Waals surface area contributed by atoms with Gasteiger partial charge in [0.2, 0.25) is 5.91 Å². The first-order chi connectivity index (χ1) is 13.5. The van der Waals surface area contributed by atoms with Crippen molar-refractivity contribution in [3.05, 3.63) is 65.9 Å². The van der Waals surface area contributed by atoms with Crippen molar-refractivity contribution in [3.8, 4) is 0 Å². The van der Waals surface area contributed by atoms with Crippen LogP contribution in [0.25, 0.3) is 0 Å². The molecular formula is C22H24N4O2. The topological polar surface area (TPSA) is 65.5 Å². The van der Waals surface area contributed by atoms with Crippen molar-refractivity contribution >= 4 is 23.3 Å². The lowest BCUT2D eigenvalue weighted by atomic mass is 10.0. The van der Waals surface area contributed by atoms with Gasteiger partial charge in [-0.1, -0.05) is 56.3 Å². The maximum absolute atomic E-state index is 13.1. The highest BCUT2D eigenvalue weighted by Gasteiger charge is 2.30. The summed E-state index contributed by atoms with van der Waals surface area (Å²) in [6, 6.07) is 11.7. The molecule has 144 valence electrons. The Kier molecular flexibility index (Phi) is 4.86. The van der Waals surface area contributed by atoms with Gasteiger partial charge in [0.25, 0.3) is 5.91 Å². The molecule has 6 heteroatoms. The van der Waals surface area contributed by atoms with Crippen LogP contribution in [-0.4, -0.2) is 40.8 Å². The van der Waals surface area contributed by atoms with Gasteiger partial charge in [-0.15, -0.1) is 0 Å². The minimum Gasteiger partial charge on any atom is -0.359 e. The minimum atomic E-state index is -0.0586. The Morgan fingerprint density at radius 3 is 2.82 bits per heavy atom. The zero-order valence-corrected chi connectivity index (χ0v) is 16.1. The molecule has 0 saturated carbocycles. The van der Waals surface area contributed by atoms with E-state index in [4.69, 9.17) is 0 Å². The SMILES string of the molecule is CC(C)C1C=CCN1C(=O)c1cnc2c(c1)N(Cc1ccccc1)C(=O)CN2. The molecule has 1 atom stereocenters. The fourth-order valence-electron chi connectivity index (χ4n) is 3.75. The van der Waals surface area contributed by atoms with Crippen molar-refractivity contribution < 1.29 is 9.59 Å². The molecule has 0 radical (unpaired) electrons. The summed E-state index contributed by atoms with van der Waals surface area (Å²) < 4.78 is 0. The van der Waals surface area contributed by atoms with Crippen LogP contribution in [-0.2, 0) is 11.3 Å². The third-order valence-corrected chi connectivity index (χ3v) is 5.24. The van der Waals surface area contributed by atoms with E-state index in [1.165, 1.54) is 0 Å². The average molecular weight is 376 g/mol. The van der Waals surface area contributed by atoms with E-state index in [0.717, 1.165) is 5.56 Å². The van der Waals surface area contributed by atoms with Crippen LogP contribution >= 0.6 is 0 Å². The second-order valence-corrected chi connectivity index (χ2v) is 7.53. The number of rotatable bonds is 4. The molecule has 1 N–H and O–H groups in total. The molecule has 2 aliphatic heterocycles. The summed E-state index contributed by atoms with van der Waals surface area (Å²) in [6.45, 7) is 5.47. The number of pyridine rings is 1. The van der Waals surface area contributed by atoms with Crippen LogP contribution in [0.1, 0.15) is 29.8 Å². The van der Waals surface area contributed by atoms with Crippen molar-refractivity contribution in [1.82, 2.24) is 9.88 Å². The van der Waals surface area contributed by atoms with Crippen LogP contribution in [0, 0.1) is 5.92 Å². The number of carbonyl (C=O) groups is 2. The monoisotopic (exact) mass is 376 g/mol. The number of aromatic nitrogens is 1. The van der Waals surface area contributed by atoms with Crippen molar-refractivity contribution in [1.29, 1.82) is 0 Å². The molecule has 1 unspecified atom stereocenters. The molecule has 2 amide bonds. The standard InChI is InChI=1S/C22H24N4O2/c1-15(2)18-9-6-10-25(18)22(28)17-11-19-21(23-12-17)24-13-20(27)26(19)14-16-7-4-3-5-8-16/h3-9,11-12,15,18H,10,13-14H2,1-2H3,(H,23,24). The lowest BCUT2D eigenvalue weighted by molar-refractivity contribution is -0.117. The lowest BCUT2D eigenvalue weighted by Crippen LogP contribution is -2.41. The van der Waals surface area contributed by atoms with Crippen molar-refractivity contribution in [2.24, 2.45) is 5.92 Å². The highest BCUT2D eigenvalue weighted by atomic mass is 16.2. The Bertz CT molecular complexity index is 923. The summed E-state index contributed by atoms with van der Waals surface area (Å²) in [7, 11) is 0. The van der Waals surface area contributed by atoms with E-state index in [2.05, 4.69) is 30.2 Å². The Balaban J connectivity index is 1.64. The van der Waals surface area contributed by atoms with Crippen LogP contribution in [0.3, 0.4) is 0 Å². The van der Waals surface area contributed by atoms with Crippen LogP contribution in [0.15, 0.2) is 54.7 Å². The third kappa shape index (κ3) is 3.38. The Hall–Kier alpha value is -3.15. The smallest absolute Gasteiger partial charge is 0.256 e. The molecular weight excluding hydrogens is 352 g/mol. The summed E-state index contributed by atoms with van der Waals surface area (Å²) in [4.78, 5) is 33.7. The molecule has 0 saturated heterocycles. The number of fused-ring (bicyclic) bond motifs is 1. The van der Waals surface area contributed by atoms with Crippen LogP contribution < -0.4 is 10.2 Å². The van der Waals surface area contributed by atoms with Crippen LogP contribution in [0.5, 0.6) is 0 Å². The molecule has 0 spiro atoms. The number of hydrogen-bond acceptors (Lipinski definition) is 4. The second kappa shape index (κ2) is 7.46. The molecule has 28 heavy (non-hydrogen) atoms. The van der Waals surface area contributed by atoms with Gasteiger partial charge in [0, 0.05) is 12.7 Å². The number of amides is 2. The fraction of sp³-hybridized carbons (Fsp3) is 0.318. The van der Waals surface area contributed by atoms with Gasteiger partial charge in [-0.3, -0.25) is 9.59 Å². The molecule has 2 aliphatic rings. The van der Waals surface area contributed by atoms with Crippen molar-refractivity contribution in [2.75, 3.05) is 23.3 Å². The maximum atomic E-state index is 13.1. The molecule has 1 aromatic heterocycles. The molecule has 0 bridgehead atoms. The second-order valence-electron chi connectivity index (χ2n) is 7.53. The largest absolute Gasteiger partial charge is 0.359 e. The van der Waals surface area contributed by atoms with Gasteiger partial charge in [-0.05, 0) is 17.5 Å². The van der Waals surface area contributed by atoms with E-state index in [0.29, 0.717) is 36.1 Å². The number of anilines is 2. The molecule has 2 aromatic rings. The fourth-order valence-corrected chi connectivity index (χ4v) is 3.75. The summed E-state index contributed by atoms with van der Waals surface area (Å²) in [5.41, 5.74) is 2.19. The molecule has 6 nitrogen and oxygen atoms in total. The normalized spacial score (nSPS) is 18.4. The van der Waals surface area contributed by atoms with Crippen molar-refractivity contribution in [3.63, 3.8) is 0 Å². The predicted octanol–water partition coefficient (Wildman–Crippen LogP) is 3.08. The quantitative estimate of drug-likeness (QED) is 0.833. The molecule has 0 aliphatic carbocycles. The zero-order valence-electron chi connectivity index (χ0n) is 16.1. The van der Waals surface area contributed by atoms with Gasteiger partial charge < -0.3 is 15.1 Å². The van der Waals surface area contributed by atoms with Gasteiger partial charge in [-0.2, -0.15) is 0 Å². The molecule has 0 fully saturated rings. The van der Waals surface area contributed by atoms with E-state index >= 15 is 0 Å². The Morgan fingerprint density at radius 1 is 1.29 bits per heavy atom. The number of hydrogen-bond donors (Lipinski definition) is 1. The third-order valence-electron chi connectivity index (χ3n) is 5.24. The van der Waals surface area contributed by atoms with Crippen LogP contribution in [0.4, 0.5) is 11.5 Å². The highest BCUT2D eigenvalue weighted by Crippen LogP contribution is 2.31. The van der Waals surface area contributed by atoms with E-state index in [9.17, 15) is 9.59 Å². The molecule has 1 aromatic carbocycles. The van der Waals surface area contributed by atoms with Gasteiger partial charge >= 0.3 is 0 Å². The number of nitrogens with one attached hydrogen (secondary N) is 1. The van der Waals surface area contributed by atoms with Gasteiger partial charge in [-0.25, -0.2) is 4.98 Å². The first-order valence-corrected chi connectivity index (χ1v) is 9.60.